The SMILES string of the molecule is C[C@H](NC(=O)OCc1ccccc1)C(=O)N[C@H](C)C(=O)N[C@@H](C)C(=O)NC(c1ccc(C(N)N)cc1)P(=O)(Oc1ccccc1)Oc1ccccc1. The lowest BCUT2D eigenvalue weighted by Gasteiger charge is -2.29. The molecule has 14 nitrogen and oxygen atoms in total. The van der Waals surface area contributed by atoms with Crippen LogP contribution in [0, 0.1) is 0 Å². The van der Waals surface area contributed by atoms with Crippen molar-refractivity contribution < 1.29 is 37.5 Å². The molecule has 4 aromatic rings. The number of hydrogen-bond donors (Lipinski definition) is 6. The molecule has 0 saturated carbocycles. The molecule has 4 rings (SSSR count). The van der Waals surface area contributed by atoms with E-state index in [0.29, 0.717) is 11.1 Å². The Balaban J connectivity index is 1.45. The number of amides is 4. The molecule has 4 atom stereocenters. The van der Waals surface area contributed by atoms with E-state index < -0.39 is 61.5 Å². The normalized spacial score (nSPS) is 13.4. The second kappa shape index (κ2) is 18.5. The summed E-state index contributed by atoms with van der Waals surface area (Å²) in [4.78, 5) is 51.7. The molecular weight excluding hydrogens is 687 g/mol. The first kappa shape index (κ1) is 39.1. The average molecular weight is 731 g/mol. The Morgan fingerprint density at radius 2 is 0.981 bits per heavy atom. The van der Waals surface area contributed by atoms with Crippen molar-refractivity contribution in [2.24, 2.45) is 11.5 Å². The summed E-state index contributed by atoms with van der Waals surface area (Å²) in [6.07, 6.45) is -1.59. The van der Waals surface area contributed by atoms with E-state index >= 15 is 0 Å². The number of carbonyl (C=O) groups excluding carboxylic acids is 4. The lowest BCUT2D eigenvalue weighted by Crippen LogP contribution is -2.54. The number of rotatable bonds is 16. The van der Waals surface area contributed by atoms with Gasteiger partial charge in [-0.25, -0.2) is 9.36 Å². The highest BCUT2D eigenvalue weighted by Gasteiger charge is 2.43. The minimum atomic E-state index is -4.35. The molecule has 0 heterocycles. The van der Waals surface area contributed by atoms with Gasteiger partial charge in [-0.05, 0) is 61.7 Å². The molecule has 0 aliphatic rings. The second-order valence-corrected chi connectivity index (χ2v) is 13.8. The quantitative estimate of drug-likeness (QED) is 0.0707. The summed E-state index contributed by atoms with van der Waals surface area (Å²) in [5.74, 6) is -3.03. The van der Waals surface area contributed by atoms with E-state index in [4.69, 9.17) is 25.3 Å². The Labute approximate surface area is 302 Å². The van der Waals surface area contributed by atoms with Crippen LogP contribution in [0.1, 0.15) is 49.4 Å². The Morgan fingerprint density at radius 3 is 1.44 bits per heavy atom. The first-order chi connectivity index (χ1) is 24.8. The van der Waals surface area contributed by atoms with Crippen LogP contribution in [0.4, 0.5) is 4.79 Å². The van der Waals surface area contributed by atoms with Crippen molar-refractivity contribution >= 4 is 31.4 Å². The predicted molar refractivity (Wildman–Crippen MR) is 195 cm³/mol. The fraction of sp³-hybridized carbons (Fsp3) is 0.243. The molecule has 4 aromatic carbocycles. The number of carbonyl (C=O) groups is 4. The molecule has 0 aromatic heterocycles. The number of nitrogens with one attached hydrogen (secondary N) is 4. The predicted octanol–water partition coefficient (Wildman–Crippen LogP) is 4.39. The monoisotopic (exact) mass is 730 g/mol. The smallest absolute Gasteiger partial charge is 0.445 e. The van der Waals surface area contributed by atoms with Crippen LogP contribution in [-0.2, 0) is 30.3 Å². The van der Waals surface area contributed by atoms with Gasteiger partial charge in [0, 0.05) is 0 Å². The minimum Gasteiger partial charge on any atom is -0.445 e. The summed E-state index contributed by atoms with van der Waals surface area (Å²) < 4.78 is 32.1. The van der Waals surface area contributed by atoms with E-state index in [1.165, 1.54) is 20.8 Å². The molecule has 0 aliphatic heterocycles. The van der Waals surface area contributed by atoms with Crippen molar-refractivity contribution in [1.29, 1.82) is 0 Å². The molecule has 1 unspecified atom stereocenters. The highest BCUT2D eigenvalue weighted by atomic mass is 31.2. The number of nitrogens with two attached hydrogens (primary N) is 2. The standard InChI is InChI=1S/C37H43N6O8P/c1-24(40-34(45)26(3)42-37(47)49-23-27-13-7-4-8-14-27)33(44)41-25(2)35(46)43-36(29-21-19-28(20-22-29)32(38)39)52(48,50-30-15-9-5-10-16-30)51-31-17-11-6-12-18-31/h4-22,24-26,32,36H,23,38-39H2,1-3H3,(H,40,45)(H,41,44)(H,42,47)(H,43,46)/t24-,25+,26+,36?/m1/s1. The number of ether oxygens (including phenoxy) is 1. The number of alkyl carbamates (subject to hydrolysis) is 1. The molecule has 0 saturated heterocycles. The maximum Gasteiger partial charge on any atom is 0.457 e. The lowest BCUT2D eigenvalue weighted by molar-refractivity contribution is -0.132. The summed E-state index contributed by atoms with van der Waals surface area (Å²) in [6, 6.07) is 28.8. The Hall–Kier alpha value is -5.69. The Morgan fingerprint density at radius 1 is 0.577 bits per heavy atom. The van der Waals surface area contributed by atoms with Crippen LogP contribution in [0.3, 0.4) is 0 Å². The van der Waals surface area contributed by atoms with Gasteiger partial charge in [-0.1, -0.05) is 91.0 Å². The van der Waals surface area contributed by atoms with Crippen LogP contribution >= 0.6 is 7.60 Å². The Kier molecular flexibility index (Phi) is 13.9. The fourth-order valence-electron chi connectivity index (χ4n) is 4.70. The molecule has 15 heteroatoms. The minimum absolute atomic E-state index is 0.0139. The fourth-order valence-corrected chi connectivity index (χ4v) is 6.60. The topological polar surface area (TPSA) is 213 Å². The zero-order chi connectivity index (χ0) is 37.7. The summed E-state index contributed by atoms with van der Waals surface area (Å²) in [6.45, 7) is 4.28. The summed E-state index contributed by atoms with van der Waals surface area (Å²) >= 11 is 0. The lowest BCUT2D eigenvalue weighted by atomic mass is 10.1. The van der Waals surface area contributed by atoms with E-state index in [2.05, 4.69) is 21.3 Å². The van der Waals surface area contributed by atoms with Crippen molar-refractivity contribution in [2.75, 3.05) is 0 Å². The first-order valence-corrected chi connectivity index (χ1v) is 18.0. The number of benzene rings is 4. The molecule has 0 bridgehead atoms. The van der Waals surface area contributed by atoms with Gasteiger partial charge in [0.15, 0.2) is 5.78 Å². The third-order valence-electron chi connectivity index (χ3n) is 7.63. The first-order valence-electron chi connectivity index (χ1n) is 16.4. The van der Waals surface area contributed by atoms with Crippen molar-refractivity contribution in [2.45, 2.75) is 57.5 Å². The molecule has 0 aliphatic carbocycles. The third-order valence-corrected chi connectivity index (χ3v) is 9.62. The number of para-hydroxylation sites is 2. The van der Waals surface area contributed by atoms with Gasteiger partial charge in [-0.3, -0.25) is 14.4 Å². The summed E-state index contributed by atoms with van der Waals surface area (Å²) in [5.41, 5.74) is 13.4. The molecule has 0 spiro atoms. The molecule has 4 amide bonds. The van der Waals surface area contributed by atoms with Gasteiger partial charge in [-0.15, -0.1) is 0 Å². The molecule has 52 heavy (non-hydrogen) atoms. The van der Waals surface area contributed by atoms with Crippen molar-refractivity contribution in [3.05, 3.63) is 132 Å². The maximum absolute atomic E-state index is 14.9. The van der Waals surface area contributed by atoms with Crippen molar-refractivity contribution in [3.8, 4) is 11.5 Å². The number of hydrogen-bond acceptors (Lipinski definition) is 10. The van der Waals surface area contributed by atoms with Gasteiger partial charge >= 0.3 is 13.7 Å². The molecule has 274 valence electrons. The van der Waals surface area contributed by atoms with E-state index in [-0.39, 0.29) is 18.1 Å². The highest BCUT2D eigenvalue weighted by molar-refractivity contribution is 7.55. The Bertz CT molecular complexity index is 1790. The van der Waals surface area contributed by atoms with E-state index in [1.54, 1.807) is 109 Å². The zero-order valence-corrected chi connectivity index (χ0v) is 29.8. The van der Waals surface area contributed by atoms with Crippen LogP contribution in [0.2, 0.25) is 0 Å². The van der Waals surface area contributed by atoms with E-state index in [9.17, 15) is 23.7 Å². The van der Waals surface area contributed by atoms with Gasteiger partial charge in [0.2, 0.25) is 17.7 Å². The highest BCUT2D eigenvalue weighted by Crippen LogP contribution is 2.59. The van der Waals surface area contributed by atoms with Gasteiger partial charge in [-0.2, -0.15) is 0 Å². The largest absolute Gasteiger partial charge is 0.457 e. The average Bonchev–Trinajstić information content (AvgIpc) is 3.13. The molecule has 0 fully saturated rings. The van der Waals surface area contributed by atoms with Gasteiger partial charge < -0.3 is 46.5 Å². The third kappa shape index (κ3) is 11.4. The van der Waals surface area contributed by atoms with Crippen LogP contribution < -0.4 is 41.8 Å². The summed E-state index contributed by atoms with van der Waals surface area (Å²) in [5, 5.41) is 10.2. The van der Waals surface area contributed by atoms with Crippen LogP contribution in [0.5, 0.6) is 11.5 Å². The van der Waals surface area contributed by atoms with Gasteiger partial charge in [0.05, 0.1) is 6.17 Å². The molecule has 0 radical (unpaired) electrons. The van der Waals surface area contributed by atoms with E-state index in [1.807, 2.05) is 6.07 Å². The maximum atomic E-state index is 14.9. The van der Waals surface area contributed by atoms with Crippen LogP contribution in [-0.4, -0.2) is 41.9 Å². The summed E-state index contributed by atoms with van der Waals surface area (Å²) in [7, 11) is -4.35. The molecule has 8 N–H and O–H groups in total. The van der Waals surface area contributed by atoms with Crippen molar-refractivity contribution in [1.82, 2.24) is 21.3 Å². The van der Waals surface area contributed by atoms with Crippen molar-refractivity contribution in [3.63, 3.8) is 0 Å². The van der Waals surface area contributed by atoms with Gasteiger partial charge in [0.1, 0.15) is 36.2 Å². The van der Waals surface area contributed by atoms with Crippen LogP contribution in [0.25, 0.3) is 0 Å². The molecular formula is C37H43N6O8P. The van der Waals surface area contributed by atoms with Gasteiger partial charge in [0.25, 0.3) is 0 Å². The zero-order valence-electron chi connectivity index (χ0n) is 28.9. The second-order valence-electron chi connectivity index (χ2n) is 11.8. The van der Waals surface area contributed by atoms with Crippen LogP contribution in [0.15, 0.2) is 115 Å². The van der Waals surface area contributed by atoms with E-state index in [0.717, 1.165) is 5.56 Å².